The normalized spacial score (nSPS) is 18.9. The molecular formula is C9H17NO4. The number of rotatable bonds is 3. The van der Waals surface area contributed by atoms with E-state index in [1.807, 2.05) is 0 Å². The molecule has 5 nitrogen and oxygen atoms in total. The van der Waals surface area contributed by atoms with Crippen LogP contribution in [0.1, 0.15) is 12.8 Å². The van der Waals surface area contributed by atoms with Crippen molar-refractivity contribution in [1.29, 1.82) is 0 Å². The highest BCUT2D eigenvalue weighted by Gasteiger charge is 2.27. The van der Waals surface area contributed by atoms with E-state index < -0.39 is 6.09 Å². The molecule has 1 fully saturated rings. The minimum absolute atomic E-state index is 0.0196. The van der Waals surface area contributed by atoms with E-state index in [0.29, 0.717) is 13.1 Å². The van der Waals surface area contributed by atoms with Crippen LogP contribution in [0.15, 0.2) is 0 Å². The standard InChI is InChI=1S/C9H17NO4/c11-5-8(6-12)7-1-3-10(4-2-7)9(13)14/h7-8,11-12H,1-6H2,(H,13,14). The lowest BCUT2D eigenvalue weighted by Crippen LogP contribution is -2.40. The number of piperidine rings is 1. The molecule has 1 aliphatic heterocycles. The maximum atomic E-state index is 10.6. The number of likely N-dealkylation sites (tertiary alicyclic amines) is 1. The van der Waals surface area contributed by atoms with Gasteiger partial charge in [0.25, 0.3) is 0 Å². The van der Waals surface area contributed by atoms with E-state index in [2.05, 4.69) is 0 Å². The third kappa shape index (κ3) is 2.59. The molecule has 1 rings (SSSR count). The first-order valence-corrected chi connectivity index (χ1v) is 4.88. The molecule has 0 radical (unpaired) electrons. The zero-order chi connectivity index (χ0) is 10.6. The molecular weight excluding hydrogens is 186 g/mol. The Hall–Kier alpha value is -0.810. The lowest BCUT2D eigenvalue weighted by Gasteiger charge is -2.33. The molecule has 0 aromatic carbocycles. The van der Waals surface area contributed by atoms with Gasteiger partial charge in [-0.3, -0.25) is 0 Å². The molecule has 0 atom stereocenters. The number of hydrogen-bond donors (Lipinski definition) is 3. The number of hydrogen-bond acceptors (Lipinski definition) is 3. The quantitative estimate of drug-likeness (QED) is 0.602. The highest BCUT2D eigenvalue weighted by Crippen LogP contribution is 2.24. The molecule has 0 saturated carbocycles. The van der Waals surface area contributed by atoms with Crippen molar-refractivity contribution in [3.8, 4) is 0 Å². The summed E-state index contributed by atoms with van der Waals surface area (Å²) in [5, 5.41) is 26.6. The second-order valence-corrected chi connectivity index (χ2v) is 3.73. The van der Waals surface area contributed by atoms with Crippen molar-refractivity contribution in [2.24, 2.45) is 11.8 Å². The maximum Gasteiger partial charge on any atom is 0.407 e. The van der Waals surface area contributed by atoms with Gasteiger partial charge in [-0.15, -0.1) is 0 Å². The second-order valence-electron chi connectivity index (χ2n) is 3.73. The molecule has 14 heavy (non-hydrogen) atoms. The van der Waals surface area contributed by atoms with Crippen LogP contribution < -0.4 is 0 Å². The number of carboxylic acid groups (broad SMARTS) is 1. The van der Waals surface area contributed by atoms with Gasteiger partial charge in [0.2, 0.25) is 0 Å². The fourth-order valence-corrected chi connectivity index (χ4v) is 1.92. The number of amides is 1. The monoisotopic (exact) mass is 203 g/mol. The Labute approximate surface area is 83.0 Å². The van der Waals surface area contributed by atoms with Crippen molar-refractivity contribution in [3.05, 3.63) is 0 Å². The summed E-state index contributed by atoms with van der Waals surface area (Å²) in [7, 11) is 0. The zero-order valence-electron chi connectivity index (χ0n) is 8.09. The molecule has 0 unspecified atom stereocenters. The number of carbonyl (C=O) groups is 1. The average molecular weight is 203 g/mol. The Bertz CT molecular complexity index is 185. The SMILES string of the molecule is O=C(O)N1CCC(C(CO)CO)CC1. The molecule has 3 N–H and O–H groups in total. The average Bonchev–Trinajstić information content (AvgIpc) is 2.20. The van der Waals surface area contributed by atoms with Crippen molar-refractivity contribution in [2.45, 2.75) is 12.8 Å². The highest BCUT2D eigenvalue weighted by molar-refractivity contribution is 5.64. The van der Waals surface area contributed by atoms with Gasteiger partial charge in [-0.25, -0.2) is 4.79 Å². The Morgan fingerprint density at radius 3 is 2.14 bits per heavy atom. The summed E-state index contributed by atoms with van der Waals surface area (Å²) in [6.07, 6.45) is 0.587. The van der Waals surface area contributed by atoms with Crippen LogP contribution in [0, 0.1) is 11.8 Å². The van der Waals surface area contributed by atoms with Crippen LogP contribution >= 0.6 is 0 Å². The van der Waals surface area contributed by atoms with Gasteiger partial charge in [-0.2, -0.15) is 0 Å². The first-order chi connectivity index (χ1) is 6.69. The van der Waals surface area contributed by atoms with Crippen molar-refractivity contribution in [1.82, 2.24) is 4.90 Å². The Morgan fingerprint density at radius 1 is 1.29 bits per heavy atom. The van der Waals surface area contributed by atoms with Gasteiger partial charge >= 0.3 is 6.09 Å². The largest absolute Gasteiger partial charge is 0.465 e. The van der Waals surface area contributed by atoms with Crippen LogP contribution in [0.5, 0.6) is 0 Å². The smallest absolute Gasteiger partial charge is 0.407 e. The predicted molar refractivity (Wildman–Crippen MR) is 50.0 cm³/mol. The zero-order valence-corrected chi connectivity index (χ0v) is 8.09. The van der Waals surface area contributed by atoms with E-state index in [1.165, 1.54) is 4.90 Å². The third-order valence-electron chi connectivity index (χ3n) is 2.95. The number of aliphatic hydroxyl groups is 2. The lowest BCUT2D eigenvalue weighted by atomic mass is 9.85. The van der Waals surface area contributed by atoms with Crippen LogP contribution in [-0.2, 0) is 0 Å². The van der Waals surface area contributed by atoms with E-state index in [1.54, 1.807) is 0 Å². The Balaban J connectivity index is 2.38. The van der Waals surface area contributed by atoms with Gasteiger partial charge in [0.05, 0.1) is 0 Å². The molecule has 0 spiro atoms. The van der Waals surface area contributed by atoms with Gasteiger partial charge in [0, 0.05) is 32.2 Å². The minimum atomic E-state index is -0.881. The fourth-order valence-electron chi connectivity index (χ4n) is 1.92. The van der Waals surface area contributed by atoms with Crippen LogP contribution in [0.4, 0.5) is 4.79 Å². The van der Waals surface area contributed by atoms with Crippen molar-refractivity contribution < 1.29 is 20.1 Å². The fraction of sp³-hybridized carbons (Fsp3) is 0.889. The van der Waals surface area contributed by atoms with Gasteiger partial charge in [-0.05, 0) is 18.8 Å². The maximum absolute atomic E-state index is 10.6. The molecule has 0 aliphatic carbocycles. The summed E-state index contributed by atoms with van der Waals surface area (Å²) in [6.45, 7) is 0.982. The van der Waals surface area contributed by atoms with Gasteiger partial charge in [-0.1, -0.05) is 0 Å². The van der Waals surface area contributed by atoms with Crippen LogP contribution in [0.2, 0.25) is 0 Å². The summed E-state index contributed by atoms with van der Waals surface area (Å²) >= 11 is 0. The molecule has 5 heteroatoms. The van der Waals surface area contributed by atoms with Gasteiger partial charge in [0.15, 0.2) is 0 Å². The second kappa shape index (κ2) is 5.17. The van der Waals surface area contributed by atoms with Gasteiger partial charge in [0.1, 0.15) is 0 Å². The van der Waals surface area contributed by atoms with E-state index in [4.69, 9.17) is 15.3 Å². The molecule has 1 heterocycles. The van der Waals surface area contributed by atoms with Crippen LogP contribution in [0.25, 0.3) is 0 Å². The van der Waals surface area contributed by atoms with Gasteiger partial charge < -0.3 is 20.2 Å². The number of nitrogens with zero attached hydrogens (tertiary/aromatic N) is 1. The molecule has 0 bridgehead atoms. The van der Waals surface area contributed by atoms with Crippen molar-refractivity contribution in [2.75, 3.05) is 26.3 Å². The summed E-state index contributed by atoms with van der Waals surface area (Å²) in [4.78, 5) is 12.0. The van der Waals surface area contributed by atoms with Crippen molar-refractivity contribution in [3.63, 3.8) is 0 Å². The van der Waals surface area contributed by atoms with Crippen LogP contribution in [0.3, 0.4) is 0 Å². The first kappa shape index (κ1) is 11.3. The molecule has 0 aromatic rings. The van der Waals surface area contributed by atoms with E-state index in [9.17, 15) is 4.79 Å². The minimum Gasteiger partial charge on any atom is -0.465 e. The summed E-state index contributed by atoms with van der Waals surface area (Å²) < 4.78 is 0. The van der Waals surface area contributed by atoms with E-state index >= 15 is 0 Å². The third-order valence-corrected chi connectivity index (χ3v) is 2.95. The number of aliphatic hydroxyl groups excluding tert-OH is 2. The van der Waals surface area contributed by atoms with E-state index in [-0.39, 0.29) is 25.0 Å². The van der Waals surface area contributed by atoms with Crippen molar-refractivity contribution >= 4 is 6.09 Å². The summed E-state index contributed by atoms with van der Waals surface area (Å²) in [5.74, 6) is 0.159. The molecule has 1 aliphatic rings. The Morgan fingerprint density at radius 2 is 1.79 bits per heavy atom. The van der Waals surface area contributed by atoms with E-state index in [0.717, 1.165) is 12.8 Å². The molecule has 1 amide bonds. The summed E-state index contributed by atoms with van der Waals surface area (Å²) in [5.41, 5.74) is 0. The lowest BCUT2D eigenvalue weighted by molar-refractivity contribution is 0.0652. The molecule has 1 saturated heterocycles. The Kier molecular flexibility index (Phi) is 4.16. The molecule has 0 aromatic heterocycles. The first-order valence-electron chi connectivity index (χ1n) is 4.88. The van der Waals surface area contributed by atoms with Crippen LogP contribution in [-0.4, -0.2) is 52.6 Å². The predicted octanol–water partition coefficient (Wildman–Crippen LogP) is -0.0228. The summed E-state index contributed by atoms with van der Waals surface area (Å²) in [6, 6.07) is 0. The molecule has 82 valence electrons. The topological polar surface area (TPSA) is 81.0 Å². The highest BCUT2D eigenvalue weighted by atomic mass is 16.4.